The SMILES string of the molecule is COc1cc(Nc2nc(Nc3ccc(Cn4cccn4)cc3)ncc2C)ccc1CI. The minimum absolute atomic E-state index is 0.531. The van der Waals surface area contributed by atoms with Crippen molar-refractivity contribution >= 4 is 45.7 Å². The number of hydrogen-bond donors (Lipinski definition) is 2. The number of alkyl halides is 1. The van der Waals surface area contributed by atoms with Crippen molar-refractivity contribution in [1.29, 1.82) is 0 Å². The van der Waals surface area contributed by atoms with Crippen LogP contribution in [0, 0.1) is 6.92 Å². The zero-order valence-electron chi connectivity index (χ0n) is 17.3. The fourth-order valence-corrected chi connectivity index (χ4v) is 3.73. The summed E-state index contributed by atoms with van der Waals surface area (Å²) in [6.45, 7) is 2.72. The lowest BCUT2D eigenvalue weighted by Crippen LogP contribution is -2.03. The largest absolute Gasteiger partial charge is 0.496 e. The quantitative estimate of drug-likeness (QED) is 0.235. The van der Waals surface area contributed by atoms with Gasteiger partial charge in [0.2, 0.25) is 5.95 Å². The molecule has 0 aliphatic carbocycles. The van der Waals surface area contributed by atoms with Crippen LogP contribution in [0.4, 0.5) is 23.1 Å². The van der Waals surface area contributed by atoms with Crippen molar-refractivity contribution in [3.63, 3.8) is 0 Å². The van der Waals surface area contributed by atoms with E-state index in [0.29, 0.717) is 5.95 Å². The molecule has 2 aromatic carbocycles. The molecule has 7 nitrogen and oxygen atoms in total. The van der Waals surface area contributed by atoms with Gasteiger partial charge in [0.05, 0.1) is 13.7 Å². The number of nitrogens with one attached hydrogen (secondary N) is 2. The highest BCUT2D eigenvalue weighted by atomic mass is 127. The van der Waals surface area contributed by atoms with Gasteiger partial charge in [-0.25, -0.2) is 4.98 Å². The summed E-state index contributed by atoms with van der Waals surface area (Å²) in [5.74, 6) is 2.14. The molecule has 2 N–H and O–H groups in total. The van der Waals surface area contributed by atoms with Gasteiger partial charge in [-0.15, -0.1) is 0 Å². The van der Waals surface area contributed by atoms with Crippen molar-refractivity contribution in [3.05, 3.63) is 83.8 Å². The van der Waals surface area contributed by atoms with E-state index in [1.54, 1.807) is 19.5 Å². The number of hydrogen-bond acceptors (Lipinski definition) is 6. The minimum Gasteiger partial charge on any atom is -0.496 e. The van der Waals surface area contributed by atoms with Crippen molar-refractivity contribution in [1.82, 2.24) is 19.7 Å². The Morgan fingerprint density at radius 1 is 1.06 bits per heavy atom. The molecular weight excluding hydrogens is 503 g/mol. The number of benzene rings is 2. The summed E-state index contributed by atoms with van der Waals surface area (Å²) in [5, 5.41) is 10.9. The van der Waals surface area contributed by atoms with E-state index in [0.717, 1.165) is 45.0 Å². The van der Waals surface area contributed by atoms with Gasteiger partial charge in [0.15, 0.2) is 0 Å². The maximum atomic E-state index is 5.49. The highest BCUT2D eigenvalue weighted by Crippen LogP contribution is 2.28. The van der Waals surface area contributed by atoms with E-state index in [2.05, 4.69) is 66.5 Å². The van der Waals surface area contributed by atoms with Gasteiger partial charge in [-0.2, -0.15) is 10.1 Å². The molecule has 0 radical (unpaired) electrons. The number of nitrogens with zero attached hydrogens (tertiary/aromatic N) is 4. The Kier molecular flexibility index (Phi) is 6.66. The molecule has 0 unspecified atom stereocenters. The maximum absolute atomic E-state index is 5.49. The van der Waals surface area contributed by atoms with E-state index >= 15 is 0 Å². The molecule has 0 atom stereocenters. The van der Waals surface area contributed by atoms with Gasteiger partial charge in [-0.3, -0.25) is 4.68 Å². The smallest absolute Gasteiger partial charge is 0.229 e. The molecule has 158 valence electrons. The number of anilines is 4. The molecule has 0 amide bonds. The average Bonchev–Trinajstić information content (AvgIpc) is 3.30. The molecule has 31 heavy (non-hydrogen) atoms. The molecule has 0 bridgehead atoms. The maximum Gasteiger partial charge on any atom is 0.229 e. The Hall–Kier alpha value is -3.14. The molecule has 0 saturated heterocycles. The third kappa shape index (κ3) is 5.32. The Morgan fingerprint density at radius 2 is 1.87 bits per heavy atom. The highest BCUT2D eigenvalue weighted by Gasteiger charge is 2.08. The lowest BCUT2D eigenvalue weighted by atomic mass is 10.2. The standard InChI is InChI=1S/C23H23IN6O/c1-16-14-25-23(28-19-7-4-17(5-8-19)15-30-11-3-10-26-30)29-22(16)27-20-9-6-18(13-24)21(12-20)31-2/h3-12,14H,13,15H2,1-2H3,(H2,25,27,28,29). The van der Waals surface area contributed by atoms with Gasteiger partial charge in [0.1, 0.15) is 11.6 Å². The second-order valence-corrected chi connectivity index (χ2v) is 7.80. The number of methoxy groups -OCH3 is 1. The van der Waals surface area contributed by atoms with Crippen LogP contribution in [0.5, 0.6) is 5.75 Å². The summed E-state index contributed by atoms with van der Waals surface area (Å²) in [6, 6.07) is 16.2. The van der Waals surface area contributed by atoms with Gasteiger partial charge in [0, 0.05) is 51.6 Å². The van der Waals surface area contributed by atoms with Crippen LogP contribution in [0.2, 0.25) is 0 Å². The summed E-state index contributed by atoms with van der Waals surface area (Å²) >= 11 is 2.33. The molecule has 8 heteroatoms. The molecule has 0 aliphatic heterocycles. The van der Waals surface area contributed by atoms with Crippen LogP contribution in [0.25, 0.3) is 0 Å². The first-order chi connectivity index (χ1) is 15.1. The molecule has 2 heterocycles. The van der Waals surface area contributed by atoms with Crippen LogP contribution in [0.15, 0.2) is 67.1 Å². The Labute approximate surface area is 195 Å². The monoisotopic (exact) mass is 526 g/mol. The number of aromatic nitrogens is 4. The van der Waals surface area contributed by atoms with E-state index in [1.165, 1.54) is 5.56 Å². The Morgan fingerprint density at radius 3 is 2.58 bits per heavy atom. The first kappa shape index (κ1) is 21.1. The zero-order chi connectivity index (χ0) is 21.6. The predicted octanol–water partition coefficient (Wildman–Crippen LogP) is 5.46. The number of aryl methyl sites for hydroxylation is 1. The first-order valence-electron chi connectivity index (χ1n) is 9.81. The average molecular weight is 526 g/mol. The molecule has 0 fully saturated rings. The van der Waals surface area contributed by atoms with E-state index < -0.39 is 0 Å². The molecule has 4 aromatic rings. The topological polar surface area (TPSA) is 76.9 Å². The summed E-state index contributed by atoms with van der Waals surface area (Å²) in [4.78, 5) is 9.07. The van der Waals surface area contributed by atoms with Crippen molar-refractivity contribution in [2.75, 3.05) is 17.7 Å². The van der Waals surface area contributed by atoms with Crippen molar-refractivity contribution in [2.45, 2.75) is 17.9 Å². The normalized spacial score (nSPS) is 10.7. The summed E-state index contributed by atoms with van der Waals surface area (Å²) in [5.41, 5.74) is 5.13. The summed E-state index contributed by atoms with van der Waals surface area (Å²) in [7, 11) is 1.69. The minimum atomic E-state index is 0.531. The third-order valence-corrected chi connectivity index (χ3v) is 5.60. The molecule has 4 rings (SSSR count). The lowest BCUT2D eigenvalue weighted by Gasteiger charge is -2.13. The fourth-order valence-electron chi connectivity index (χ4n) is 3.10. The first-order valence-corrected chi connectivity index (χ1v) is 11.3. The van der Waals surface area contributed by atoms with Crippen LogP contribution in [0.3, 0.4) is 0 Å². The van der Waals surface area contributed by atoms with Crippen LogP contribution in [-0.4, -0.2) is 26.9 Å². The second kappa shape index (κ2) is 9.78. The number of ether oxygens (including phenoxy) is 1. The fraction of sp³-hybridized carbons (Fsp3) is 0.174. The summed E-state index contributed by atoms with van der Waals surface area (Å²) < 4.78 is 8.28. The Balaban J connectivity index is 1.47. The van der Waals surface area contributed by atoms with Gasteiger partial charge in [-0.1, -0.05) is 40.8 Å². The molecule has 0 saturated carbocycles. The molecule has 0 spiro atoms. The predicted molar refractivity (Wildman–Crippen MR) is 132 cm³/mol. The highest BCUT2D eigenvalue weighted by molar-refractivity contribution is 14.1. The molecular formula is C23H23IN6O. The van der Waals surface area contributed by atoms with Gasteiger partial charge in [0.25, 0.3) is 0 Å². The van der Waals surface area contributed by atoms with E-state index in [1.807, 2.05) is 48.1 Å². The van der Waals surface area contributed by atoms with Crippen LogP contribution >= 0.6 is 22.6 Å². The van der Waals surface area contributed by atoms with Gasteiger partial charge in [-0.05, 0) is 36.8 Å². The van der Waals surface area contributed by atoms with Crippen molar-refractivity contribution in [3.8, 4) is 5.75 Å². The van der Waals surface area contributed by atoms with Gasteiger partial charge < -0.3 is 15.4 Å². The number of rotatable bonds is 8. The van der Waals surface area contributed by atoms with Crippen LogP contribution < -0.4 is 15.4 Å². The van der Waals surface area contributed by atoms with Crippen molar-refractivity contribution < 1.29 is 4.74 Å². The van der Waals surface area contributed by atoms with E-state index in [9.17, 15) is 0 Å². The van der Waals surface area contributed by atoms with E-state index in [4.69, 9.17) is 4.74 Å². The van der Waals surface area contributed by atoms with Crippen LogP contribution in [0.1, 0.15) is 16.7 Å². The third-order valence-electron chi connectivity index (χ3n) is 4.78. The Bertz CT molecular complexity index is 1150. The second-order valence-electron chi connectivity index (χ2n) is 7.04. The molecule has 0 aliphatic rings. The van der Waals surface area contributed by atoms with Gasteiger partial charge >= 0.3 is 0 Å². The van der Waals surface area contributed by atoms with E-state index in [-0.39, 0.29) is 0 Å². The zero-order valence-corrected chi connectivity index (χ0v) is 19.5. The number of halogens is 1. The van der Waals surface area contributed by atoms with Crippen LogP contribution in [-0.2, 0) is 11.0 Å². The summed E-state index contributed by atoms with van der Waals surface area (Å²) in [6.07, 6.45) is 5.54. The molecule has 2 aromatic heterocycles. The van der Waals surface area contributed by atoms with Crippen molar-refractivity contribution in [2.24, 2.45) is 0 Å². The lowest BCUT2D eigenvalue weighted by molar-refractivity contribution is 0.412.